The van der Waals surface area contributed by atoms with Crippen molar-refractivity contribution in [2.75, 3.05) is 38.1 Å². The molecule has 0 aliphatic carbocycles. The van der Waals surface area contributed by atoms with Crippen molar-refractivity contribution in [1.82, 2.24) is 10.2 Å². The minimum absolute atomic E-state index is 0.0401. The summed E-state index contributed by atoms with van der Waals surface area (Å²) in [5.74, 6) is -0.0401. The molecule has 150 valence electrons. The molecule has 1 heterocycles. The van der Waals surface area contributed by atoms with Crippen molar-refractivity contribution in [1.29, 1.82) is 0 Å². The predicted molar refractivity (Wildman–Crippen MR) is 113 cm³/mol. The number of carbonyl (C=O) groups is 1. The van der Waals surface area contributed by atoms with E-state index < -0.39 is 6.17 Å². The van der Waals surface area contributed by atoms with Crippen LogP contribution in [-0.2, 0) is 0 Å². The number of alkyl halides is 1. The van der Waals surface area contributed by atoms with Gasteiger partial charge in [-0.05, 0) is 42.7 Å². The van der Waals surface area contributed by atoms with Gasteiger partial charge >= 0.3 is 0 Å². The zero-order chi connectivity index (χ0) is 19.9. The Labute approximate surface area is 167 Å². The maximum absolute atomic E-state index is 13.7. The molecular formula is C23H30FN3O. The van der Waals surface area contributed by atoms with Crippen molar-refractivity contribution in [3.63, 3.8) is 0 Å². The lowest BCUT2D eigenvalue weighted by Gasteiger charge is -2.33. The molecular weight excluding hydrogens is 353 g/mol. The zero-order valence-corrected chi connectivity index (χ0v) is 16.8. The predicted octanol–water partition coefficient (Wildman–Crippen LogP) is 4.05. The van der Waals surface area contributed by atoms with E-state index in [4.69, 9.17) is 0 Å². The molecule has 2 aromatic carbocycles. The number of hydrogen-bond donors (Lipinski definition) is 1. The summed E-state index contributed by atoms with van der Waals surface area (Å²) < 4.78 is 13.7. The number of anilines is 1. The van der Waals surface area contributed by atoms with Crippen LogP contribution in [0.4, 0.5) is 10.1 Å². The lowest BCUT2D eigenvalue weighted by molar-refractivity contribution is 0.0953. The van der Waals surface area contributed by atoms with Gasteiger partial charge in [0.05, 0.1) is 6.04 Å². The van der Waals surface area contributed by atoms with Crippen LogP contribution in [0.15, 0.2) is 54.6 Å². The maximum atomic E-state index is 13.7. The maximum Gasteiger partial charge on any atom is 0.251 e. The molecule has 3 rings (SSSR count). The highest BCUT2D eigenvalue weighted by molar-refractivity contribution is 5.94. The van der Waals surface area contributed by atoms with Gasteiger partial charge in [-0.15, -0.1) is 0 Å². The van der Waals surface area contributed by atoms with Crippen LogP contribution in [0.5, 0.6) is 0 Å². The van der Waals surface area contributed by atoms with E-state index in [1.54, 1.807) is 0 Å². The Balaban J connectivity index is 1.76. The van der Waals surface area contributed by atoms with Gasteiger partial charge in [0, 0.05) is 44.5 Å². The molecule has 0 radical (unpaired) electrons. The van der Waals surface area contributed by atoms with Crippen molar-refractivity contribution in [2.24, 2.45) is 0 Å². The van der Waals surface area contributed by atoms with E-state index >= 15 is 0 Å². The number of nitrogens with zero attached hydrogens (tertiary/aromatic N) is 2. The largest absolute Gasteiger partial charge is 0.366 e. The van der Waals surface area contributed by atoms with Crippen molar-refractivity contribution in [2.45, 2.75) is 32.0 Å². The quantitative estimate of drug-likeness (QED) is 0.747. The van der Waals surface area contributed by atoms with E-state index in [0.29, 0.717) is 25.1 Å². The van der Waals surface area contributed by atoms with Gasteiger partial charge in [0.2, 0.25) is 0 Å². The summed E-state index contributed by atoms with van der Waals surface area (Å²) >= 11 is 0. The molecule has 2 atom stereocenters. The Morgan fingerprint density at radius 3 is 2.54 bits per heavy atom. The fourth-order valence-electron chi connectivity index (χ4n) is 3.69. The van der Waals surface area contributed by atoms with Crippen LogP contribution in [0.25, 0.3) is 0 Å². The molecule has 1 aliphatic heterocycles. The van der Waals surface area contributed by atoms with Crippen molar-refractivity contribution in [3.8, 4) is 0 Å². The van der Waals surface area contributed by atoms with E-state index in [-0.39, 0.29) is 11.9 Å². The third-order valence-corrected chi connectivity index (χ3v) is 5.37. The molecule has 0 spiro atoms. The number of halogens is 1. The molecule has 2 aromatic rings. The summed E-state index contributed by atoms with van der Waals surface area (Å²) in [4.78, 5) is 16.6. The van der Waals surface area contributed by atoms with E-state index in [9.17, 15) is 9.18 Å². The average molecular weight is 384 g/mol. The molecule has 2 unspecified atom stereocenters. The molecule has 1 aliphatic rings. The summed E-state index contributed by atoms with van der Waals surface area (Å²) in [6, 6.07) is 18.2. The number of hydrogen-bond acceptors (Lipinski definition) is 3. The van der Waals surface area contributed by atoms with Gasteiger partial charge < -0.3 is 10.2 Å². The molecule has 0 saturated carbocycles. The molecule has 1 N–H and O–H groups in total. The van der Waals surface area contributed by atoms with Crippen LogP contribution < -0.4 is 10.2 Å². The Morgan fingerprint density at radius 2 is 1.93 bits per heavy atom. The number of nitrogens with one attached hydrogen (secondary N) is 1. The third-order valence-electron chi connectivity index (χ3n) is 5.37. The van der Waals surface area contributed by atoms with Crippen LogP contribution in [-0.4, -0.2) is 50.2 Å². The van der Waals surface area contributed by atoms with Crippen molar-refractivity contribution < 1.29 is 9.18 Å². The highest BCUT2D eigenvalue weighted by Crippen LogP contribution is 2.28. The van der Waals surface area contributed by atoms with Crippen molar-refractivity contribution in [3.05, 3.63) is 65.7 Å². The van der Waals surface area contributed by atoms with Gasteiger partial charge in [-0.1, -0.05) is 37.3 Å². The minimum Gasteiger partial charge on any atom is -0.366 e. The smallest absolute Gasteiger partial charge is 0.251 e. The summed E-state index contributed by atoms with van der Waals surface area (Å²) in [7, 11) is 2.06. The molecule has 5 heteroatoms. The number of benzene rings is 2. The first-order valence-corrected chi connectivity index (χ1v) is 10.1. The van der Waals surface area contributed by atoms with E-state index in [0.717, 1.165) is 25.2 Å². The molecule has 1 amide bonds. The molecule has 4 nitrogen and oxygen atoms in total. The van der Waals surface area contributed by atoms with Crippen molar-refractivity contribution >= 4 is 11.6 Å². The second-order valence-corrected chi connectivity index (χ2v) is 7.49. The Kier molecular flexibility index (Phi) is 7.04. The number of likely N-dealkylation sites (tertiary alicyclic amines) is 1. The second kappa shape index (κ2) is 9.69. The zero-order valence-electron chi connectivity index (χ0n) is 16.8. The first-order chi connectivity index (χ1) is 13.6. The van der Waals surface area contributed by atoms with E-state index in [1.807, 2.05) is 49.4 Å². The van der Waals surface area contributed by atoms with Gasteiger partial charge in [0.1, 0.15) is 6.17 Å². The lowest BCUT2D eigenvalue weighted by Crippen LogP contribution is -2.35. The Hall–Kier alpha value is -2.40. The third kappa shape index (κ3) is 5.10. The first-order valence-electron chi connectivity index (χ1n) is 10.1. The van der Waals surface area contributed by atoms with Gasteiger partial charge in [-0.3, -0.25) is 9.69 Å². The molecule has 1 saturated heterocycles. The molecule has 0 aromatic heterocycles. The highest BCUT2D eigenvalue weighted by Gasteiger charge is 2.27. The fraction of sp³-hybridized carbons (Fsp3) is 0.435. The van der Waals surface area contributed by atoms with Crippen LogP contribution >= 0.6 is 0 Å². The first kappa shape index (κ1) is 20.3. The fourth-order valence-corrected chi connectivity index (χ4v) is 3.69. The highest BCUT2D eigenvalue weighted by atomic mass is 19.1. The number of rotatable bonds is 8. The van der Waals surface area contributed by atoms with E-state index in [1.165, 1.54) is 5.56 Å². The van der Waals surface area contributed by atoms with Gasteiger partial charge in [0.25, 0.3) is 5.91 Å². The Morgan fingerprint density at radius 1 is 1.21 bits per heavy atom. The molecule has 1 fully saturated rings. The summed E-state index contributed by atoms with van der Waals surface area (Å²) in [5, 5.41) is 2.90. The summed E-state index contributed by atoms with van der Waals surface area (Å²) in [5.41, 5.74) is 2.91. The van der Waals surface area contributed by atoms with Crippen LogP contribution in [0.2, 0.25) is 0 Å². The van der Waals surface area contributed by atoms with Gasteiger partial charge in [-0.2, -0.15) is 0 Å². The number of carbonyl (C=O) groups excluding carboxylic acids is 1. The van der Waals surface area contributed by atoms with Gasteiger partial charge in [-0.25, -0.2) is 4.39 Å². The minimum atomic E-state index is -0.720. The second-order valence-electron chi connectivity index (χ2n) is 7.49. The van der Waals surface area contributed by atoms with Crippen LogP contribution in [0.3, 0.4) is 0 Å². The van der Waals surface area contributed by atoms with Crippen LogP contribution in [0.1, 0.15) is 41.7 Å². The average Bonchev–Trinajstić information content (AvgIpc) is 3.15. The number of amides is 1. The SMILES string of the molecule is CCCNC(=O)c1ccc(N(C)C(CN2CCC(F)C2)c2ccccc2)cc1. The molecule has 0 bridgehead atoms. The normalized spacial score (nSPS) is 18.0. The Bertz CT molecular complexity index is 750. The molecule has 28 heavy (non-hydrogen) atoms. The summed E-state index contributed by atoms with van der Waals surface area (Å²) in [6.07, 6.45) is 0.816. The van der Waals surface area contributed by atoms with E-state index in [2.05, 4.69) is 34.3 Å². The van der Waals surface area contributed by atoms with Gasteiger partial charge in [0.15, 0.2) is 0 Å². The number of likely N-dealkylation sites (N-methyl/N-ethyl adjacent to an activating group) is 1. The van der Waals surface area contributed by atoms with Crippen LogP contribution in [0, 0.1) is 0 Å². The monoisotopic (exact) mass is 383 g/mol. The topological polar surface area (TPSA) is 35.6 Å². The standard InChI is InChI=1S/C23H30FN3O/c1-3-14-25-23(28)19-9-11-21(12-10-19)26(2)22(18-7-5-4-6-8-18)17-27-15-13-20(24)16-27/h4-12,20,22H,3,13-17H2,1-2H3,(H,25,28). The lowest BCUT2D eigenvalue weighted by atomic mass is 10.0. The summed E-state index contributed by atoms with van der Waals surface area (Å²) in [6.45, 7) is 4.80.